The van der Waals surface area contributed by atoms with Crippen molar-refractivity contribution in [3.63, 3.8) is 0 Å². The molecule has 2 unspecified atom stereocenters. The molecule has 0 aromatic rings. The molecular weight excluding hydrogens is 220 g/mol. The molecule has 1 amide bonds. The van der Waals surface area contributed by atoms with Gasteiger partial charge in [0.2, 0.25) is 5.91 Å². The van der Waals surface area contributed by atoms with E-state index in [9.17, 15) is 15.0 Å². The molecular formula is C12H20N2O3. The Morgan fingerprint density at radius 1 is 1.47 bits per heavy atom. The van der Waals surface area contributed by atoms with E-state index < -0.39 is 12.2 Å². The highest BCUT2D eigenvalue weighted by molar-refractivity contribution is 5.79. The second kappa shape index (κ2) is 5.16. The maximum atomic E-state index is 12.0. The van der Waals surface area contributed by atoms with Crippen molar-refractivity contribution in [3.05, 3.63) is 11.8 Å². The van der Waals surface area contributed by atoms with Crippen molar-refractivity contribution >= 4 is 5.91 Å². The highest BCUT2D eigenvalue weighted by atomic mass is 16.3. The number of amides is 1. The Kier molecular flexibility index (Phi) is 3.81. The summed E-state index contributed by atoms with van der Waals surface area (Å²) in [5.74, 6) is 0.0273. The number of hydrogen-bond donors (Lipinski definition) is 2. The fourth-order valence-electron chi connectivity index (χ4n) is 2.39. The summed E-state index contributed by atoms with van der Waals surface area (Å²) in [7, 11) is 1.79. The van der Waals surface area contributed by atoms with E-state index in [-0.39, 0.29) is 12.5 Å². The third-order valence-electron chi connectivity index (χ3n) is 3.52. The number of β-amino-alcohol motifs (C(OH)–C–C–N with tert-alkyl or cyclic N) is 2. The summed E-state index contributed by atoms with van der Waals surface area (Å²) in [6, 6.07) is 0. The van der Waals surface area contributed by atoms with Crippen LogP contribution in [0.2, 0.25) is 0 Å². The molecule has 1 fully saturated rings. The summed E-state index contributed by atoms with van der Waals surface area (Å²) in [6.45, 7) is 1.02. The van der Waals surface area contributed by atoms with Crippen LogP contribution in [0.25, 0.3) is 0 Å². The van der Waals surface area contributed by atoms with Crippen molar-refractivity contribution in [1.82, 2.24) is 9.80 Å². The van der Waals surface area contributed by atoms with Gasteiger partial charge in [0.15, 0.2) is 0 Å². The molecule has 17 heavy (non-hydrogen) atoms. The van der Waals surface area contributed by atoms with Gasteiger partial charge in [0.1, 0.15) is 0 Å². The Hall–Kier alpha value is -0.910. The van der Waals surface area contributed by atoms with Crippen molar-refractivity contribution in [2.75, 3.05) is 26.7 Å². The van der Waals surface area contributed by atoms with Gasteiger partial charge in [-0.3, -0.25) is 9.69 Å². The number of carbonyl (C=O) groups excluding carboxylic acids is 1. The number of nitrogens with zero attached hydrogens (tertiary/aromatic N) is 2. The molecule has 0 aromatic heterocycles. The van der Waals surface area contributed by atoms with Gasteiger partial charge in [-0.15, -0.1) is 0 Å². The number of aliphatic hydroxyl groups is 2. The molecule has 0 saturated carbocycles. The number of allylic oxidation sites excluding steroid dienone is 2. The predicted octanol–water partition coefficient (Wildman–Crippen LogP) is -0.450. The van der Waals surface area contributed by atoms with E-state index in [0.29, 0.717) is 13.1 Å². The van der Waals surface area contributed by atoms with Gasteiger partial charge in [0.25, 0.3) is 0 Å². The Bertz CT molecular complexity index is 320. The first-order valence-corrected chi connectivity index (χ1v) is 6.12. The normalized spacial score (nSPS) is 29.5. The summed E-state index contributed by atoms with van der Waals surface area (Å²) in [5.41, 5.74) is 1.09. The van der Waals surface area contributed by atoms with Crippen molar-refractivity contribution in [1.29, 1.82) is 0 Å². The minimum absolute atomic E-state index is 0.0273. The second-order valence-electron chi connectivity index (χ2n) is 4.87. The Morgan fingerprint density at radius 3 is 2.65 bits per heavy atom. The maximum Gasteiger partial charge on any atom is 0.240 e. The second-order valence-corrected chi connectivity index (χ2v) is 4.87. The summed E-state index contributed by atoms with van der Waals surface area (Å²) in [4.78, 5) is 15.5. The topological polar surface area (TPSA) is 64.0 Å². The zero-order valence-electron chi connectivity index (χ0n) is 10.2. The number of likely N-dealkylation sites (tertiary alicyclic amines) is 1. The first-order chi connectivity index (χ1) is 8.08. The van der Waals surface area contributed by atoms with E-state index in [1.165, 1.54) is 0 Å². The number of rotatable bonds is 3. The average Bonchev–Trinajstić information content (AvgIpc) is 2.89. The molecule has 1 saturated heterocycles. The lowest BCUT2D eigenvalue weighted by atomic mass is 10.3. The zero-order chi connectivity index (χ0) is 12.4. The van der Waals surface area contributed by atoms with Crippen molar-refractivity contribution in [2.45, 2.75) is 31.5 Å². The van der Waals surface area contributed by atoms with Crippen LogP contribution in [-0.2, 0) is 4.79 Å². The maximum absolute atomic E-state index is 12.0. The van der Waals surface area contributed by atoms with Crippen LogP contribution in [0.4, 0.5) is 0 Å². The summed E-state index contributed by atoms with van der Waals surface area (Å²) in [6.07, 6.45) is 3.79. The summed E-state index contributed by atoms with van der Waals surface area (Å²) >= 11 is 0. The molecule has 0 spiro atoms. The summed E-state index contributed by atoms with van der Waals surface area (Å²) in [5, 5.41) is 18.8. The average molecular weight is 240 g/mol. The van der Waals surface area contributed by atoms with Gasteiger partial charge in [0, 0.05) is 25.8 Å². The molecule has 2 N–H and O–H groups in total. The fourth-order valence-corrected chi connectivity index (χ4v) is 2.39. The molecule has 2 atom stereocenters. The van der Waals surface area contributed by atoms with E-state index in [0.717, 1.165) is 25.0 Å². The van der Waals surface area contributed by atoms with Crippen molar-refractivity contribution in [3.8, 4) is 0 Å². The van der Waals surface area contributed by atoms with Crippen LogP contribution in [0, 0.1) is 0 Å². The predicted molar refractivity (Wildman–Crippen MR) is 63.2 cm³/mol. The lowest BCUT2D eigenvalue weighted by Gasteiger charge is -2.22. The van der Waals surface area contributed by atoms with Crippen LogP contribution in [0.5, 0.6) is 0 Å². The molecule has 5 nitrogen and oxygen atoms in total. The van der Waals surface area contributed by atoms with E-state index in [4.69, 9.17) is 0 Å². The first-order valence-electron chi connectivity index (χ1n) is 6.12. The highest BCUT2D eigenvalue weighted by Gasteiger charge is 2.31. The van der Waals surface area contributed by atoms with Crippen LogP contribution in [0.15, 0.2) is 11.8 Å². The van der Waals surface area contributed by atoms with Gasteiger partial charge < -0.3 is 15.1 Å². The largest absolute Gasteiger partial charge is 0.389 e. The molecule has 5 heteroatoms. The van der Waals surface area contributed by atoms with E-state index in [1.807, 2.05) is 0 Å². The molecule has 1 aliphatic heterocycles. The van der Waals surface area contributed by atoms with Gasteiger partial charge in [0.05, 0.1) is 18.8 Å². The molecule has 1 aliphatic carbocycles. The minimum Gasteiger partial charge on any atom is -0.389 e. The number of aliphatic hydroxyl groups excluding tert-OH is 2. The van der Waals surface area contributed by atoms with E-state index in [2.05, 4.69) is 6.08 Å². The molecule has 0 bridgehead atoms. The summed E-state index contributed by atoms with van der Waals surface area (Å²) < 4.78 is 0. The fraction of sp³-hybridized carbons (Fsp3) is 0.750. The number of carbonyl (C=O) groups is 1. The monoisotopic (exact) mass is 240 g/mol. The van der Waals surface area contributed by atoms with Crippen LogP contribution >= 0.6 is 0 Å². The molecule has 96 valence electrons. The van der Waals surface area contributed by atoms with Crippen molar-refractivity contribution < 1.29 is 15.0 Å². The standard InChI is InChI=1S/C12H20N2O3/c1-13(9-4-2-3-5-9)12(17)8-14-6-10(15)11(16)7-14/h4,10-11,15-16H,2-3,5-8H2,1H3. The van der Waals surface area contributed by atoms with E-state index >= 15 is 0 Å². The minimum atomic E-state index is -0.723. The van der Waals surface area contributed by atoms with Crippen molar-refractivity contribution in [2.24, 2.45) is 0 Å². The number of hydrogen-bond acceptors (Lipinski definition) is 4. The van der Waals surface area contributed by atoms with Crippen LogP contribution in [0.3, 0.4) is 0 Å². The zero-order valence-corrected chi connectivity index (χ0v) is 10.2. The van der Waals surface area contributed by atoms with Gasteiger partial charge in [-0.25, -0.2) is 0 Å². The van der Waals surface area contributed by atoms with E-state index in [1.54, 1.807) is 16.8 Å². The third-order valence-corrected chi connectivity index (χ3v) is 3.52. The smallest absolute Gasteiger partial charge is 0.240 e. The van der Waals surface area contributed by atoms with Crippen LogP contribution in [0.1, 0.15) is 19.3 Å². The molecule has 0 radical (unpaired) electrons. The first kappa shape index (κ1) is 12.5. The van der Waals surface area contributed by atoms with Crippen LogP contribution < -0.4 is 0 Å². The highest BCUT2D eigenvalue weighted by Crippen LogP contribution is 2.20. The molecule has 2 aliphatic rings. The van der Waals surface area contributed by atoms with Crippen LogP contribution in [-0.4, -0.2) is 64.8 Å². The Morgan fingerprint density at radius 2 is 2.12 bits per heavy atom. The lowest BCUT2D eigenvalue weighted by Crippen LogP contribution is -2.37. The number of likely N-dealkylation sites (N-methyl/N-ethyl adjacent to an activating group) is 1. The third kappa shape index (κ3) is 2.86. The molecule has 2 rings (SSSR count). The van der Waals surface area contributed by atoms with Gasteiger partial charge in [-0.05, 0) is 19.3 Å². The molecule has 0 aromatic carbocycles. The SMILES string of the molecule is CN(C(=O)CN1CC(O)C(O)C1)C1=CCCC1. The Balaban J connectivity index is 1.85. The lowest BCUT2D eigenvalue weighted by molar-refractivity contribution is -0.129. The Labute approximate surface area is 101 Å². The molecule has 1 heterocycles. The van der Waals surface area contributed by atoms with Gasteiger partial charge in [-0.1, -0.05) is 6.08 Å². The van der Waals surface area contributed by atoms with Gasteiger partial charge in [-0.2, -0.15) is 0 Å². The van der Waals surface area contributed by atoms with Gasteiger partial charge >= 0.3 is 0 Å². The quantitative estimate of drug-likeness (QED) is 0.701.